The fourth-order valence-electron chi connectivity index (χ4n) is 6.61. The van der Waals surface area contributed by atoms with Crippen LogP contribution in [0.4, 0.5) is 0 Å². The number of fused-ring (bicyclic) bond motifs is 3. The van der Waals surface area contributed by atoms with Gasteiger partial charge in [-0.25, -0.2) is 9.78 Å². The van der Waals surface area contributed by atoms with Crippen molar-refractivity contribution in [2.45, 2.75) is 75.6 Å². The van der Waals surface area contributed by atoms with E-state index < -0.39 is 41.5 Å². The van der Waals surface area contributed by atoms with E-state index in [1.165, 1.54) is 11.0 Å². The van der Waals surface area contributed by atoms with Crippen LogP contribution in [0.2, 0.25) is 0 Å². The number of aromatic nitrogens is 1. The lowest BCUT2D eigenvalue weighted by molar-refractivity contribution is -0.146. The molecule has 3 heterocycles. The summed E-state index contributed by atoms with van der Waals surface area (Å²) in [5.41, 5.74) is 1.84. The number of carbonyl (C=O) groups is 4. The van der Waals surface area contributed by atoms with Gasteiger partial charge in [0, 0.05) is 35.8 Å². The van der Waals surface area contributed by atoms with Crippen LogP contribution in [0.1, 0.15) is 57.4 Å². The van der Waals surface area contributed by atoms with Gasteiger partial charge >= 0.3 is 5.97 Å². The van der Waals surface area contributed by atoms with E-state index in [-0.39, 0.29) is 37.6 Å². The first-order chi connectivity index (χ1) is 22.7. The lowest BCUT2D eigenvalue weighted by atomic mass is 10.1. The highest BCUT2D eigenvalue weighted by Crippen LogP contribution is 2.45. The Morgan fingerprint density at radius 1 is 1.19 bits per heavy atom. The number of rotatable bonds is 8. The van der Waals surface area contributed by atoms with E-state index in [1.807, 2.05) is 73.7 Å². The Kier molecular flexibility index (Phi) is 9.11. The predicted octanol–water partition coefficient (Wildman–Crippen LogP) is 4.88. The SMILES string of the molecule is C=C[C@@H]1C[C@]1(NC(=O)[C@@H]1C[C@@H]2CN1C(=O)[C@H](CCCC)NC(=O)CCC=Cc1ccc3nc(-c4ccccc4)cc(c3c1)O2)C(=O)O. The molecule has 3 amide bonds. The second kappa shape index (κ2) is 13.4. The van der Waals surface area contributed by atoms with Crippen LogP contribution in [-0.4, -0.2) is 69.0 Å². The van der Waals surface area contributed by atoms with Crippen molar-refractivity contribution in [3.05, 3.63) is 78.9 Å². The first kappa shape index (κ1) is 32.0. The van der Waals surface area contributed by atoms with Crippen molar-refractivity contribution >= 4 is 40.7 Å². The van der Waals surface area contributed by atoms with Gasteiger partial charge in [-0.3, -0.25) is 14.4 Å². The highest BCUT2D eigenvalue weighted by molar-refractivity contribution is 5.96. The number of unbranched alkanes of at least 4 members (excludes halogenated alkanes) is 1. The summed E-state index contributed by atoms with van der Waals surface area (Å²) in [7, 11) is 0. The minimum absolute atomic E-state index is 0.0878. The lowest BCUT2D eigenvalue weighted by Crippen LogP contribution is -2.56. The molecular weight excluding hydrogens is 596 g/mol. The van der Waals surface area contributed by atoms with Crippen molar-refractivity contribution in [1.82, 2.24) is 20.5 Å². The fraction of sp³-hybridized carbons (Fsp3) is 0.378. The standard InChI is InChI=1S/C37H40N4O6/c1-3-5-14-29-35(44)41-22-26(19-31(41)34(43)40-37(36(45)46)21-25(37)4-2)47-32-20-30(24-12-7-6-8-13-24)38-28-17-16-23(18-27(28)32)11-9-10-15-33(42)39-29/h4,6-9,11-13,16-18,20,25-26,29,31H,2-3,5,10,14-15,19,21-22H2,1H3,(H,39,42)(H,40,43)(H,45,46)/t25-,26-,29+,31+,37-/m1/s1. The van der Waals surface area contributed by atoms with E-state index in [0.717, 1.165) is 34.1 Å². The van der Waals surface area contributed by atoms with Crippen molar-refractivity contribution in [3.63, 3.8) is 0 Å². The van der Waals surface area contributed by atoms with E-state index in [1.54, 1.807) is 0 Å². The highest BCUT2D eigenvalue weighted by atomic mass is 16.5. The fourth-order valence-corrected chi connectivity index (χ4v) is 6.61. The predicted molar refractivity (Wildman–Crippen MR) is 178 cm³/mol. The Labute approximate surface area is 273 Å². The first-order valence-corrected chi connectivity index (χ1v) is 16.3. The molecule has 6 rings (SSSR count). The number of hydrogen-bond acceptors (Lipinski definition) is 6. The molecule has 47 heavy (non-hydrogen) atoms. The molecule has 10 heteroatoms. The Bertz CT molecular complexity index is 1740. The van der Waals surface area contributed by atoms with Crippen molar-refractivity contribution in [2.24, 2.45) is 5.92 Å². The van der Waals surface area contributed by atoms with Gasteiger partial charge in [-0.15, -0.1) is 6.58 Å². The zero-order chi connectivity index (χ0) is 33.1. The van der Waals surface area contributed by atoms with Crippen molar-refractivity contribution in [1.29, 1.82) is 0 Å². The minimum atomic E-state index is -1.45. The summed E-state index contributed by atoms with van der Waals surface area (Å²) < 4.78 is 6.68. The average molecular weight is 637 g/mol. The van der Waals surface area contributed by atoms with Crippen LogP contribution in [0.5, 0.6) is 5.75 Å². The maximum Gasteiger partial charge on any atom is 0.330 e. The number of allylic oxidation sites excluding steroid dienone is 1. The number of pyridine rings is 1. The summed E-state index contributed by atoms with van der Waals surface area (Å²) in [4.78, 5) is 59.6. The third-order valence-corrected chi connectivity index (χ3v) is 9.36. The number of carbonyl (C=O) groups excluding carboxylic acids is 3. The van der Waals surface area contributed by atoms with Gasteiger partial charge in [0.2, 0.25) is 17.7 Å². The molecule has 1 saturated carbocycles. The summed E-state index contributed by atoms with van der Waals surface area (Å²) in [5, 5.41) is 16.4. The third-order valence-electron chi connectivity index (χ3n) is 9.36. The van der Waals surface area contributed by atoms with E-state index in [4.69, 9.17) is 9.72 Å². The molecule has 0 unspecified atom stereocenters. The number of carboxylic acid groups (broad SMARTS) is 1. The van der Waals surface area contributed by atoms with E-state index in [2.05, 4.69) is 17.2 Å². The normalized spacial score (nSPS) is 25.7. The average Bonchev–Trinajstić information content (AvgIpc) is 3.64. The zero-order valence-electron chi connectivity index (χ0n) is 26.5. The van der Waals surface area contributed by atoms with Crippen molar-refractivity contribution in [3.8, 4) is 17.0 Å². The van der Waals surface area contributed by atoms with Gasteiger partial charge in [-0.05, 0) is 37.0 Å². The van der Waals surface area contributed by atoms with Crippen LogP contribution in [0, 0.1) is 5.92 Å². The van der Waals surface area contributed by atoms with Gasteiger partial charge in [0.05, 0.1) is 17.8 Å². The zero-order valence-corrected chi connectivity index (χ0v) is 26.5. The molecule has 1 aliphatic carbocycles. The van der Waals surface area contributed by atoms with Crippen molar-refractivity contribution in [2.75, 3.05) is 6.54 Å². The number of nitrogens with zero attached hydrogens (tertiary/aromatic N) is 2. The molecule has 3 aliphatic rings. The lowest BCUT2D eigenvalue weighted by Gasteiger charge is -2.29. The number of hydrogen-bond donors (Lipinski definition) is 3. The summed E-state index contributed by atoms with van der Waals surface area (Å²) in [6, 6.07) is 15.7. The van der Waals surface area contributed by atoms with Crippen LogP contribution >= 0.6 is 0 Å². The molecule has 5 atom stereocenters. The molecule has 1 aromatic heterocycles. The molecule has 0 spiro atoms. The maximum absolute atomic E-state index is 14.2. The summed E-state index contributed by atoms with van der Waals surface area (Å²) >= 11 is 0. The Morgan fingerprint density at radius 3 is 2.72 bits per heavy atom. The molecule has 2 fully saturated rings. The molecule has 3 aromatic rings. The summed E-state index contributed by atoms with van der Waals surface area (Å²) in [6.07, 6.45) is 7.83. The van der Waals surface area contributed by atoms with E-state index >= 15 is 0 Å². The monoisotopic (exact) mass is 636 g/mol. The number of carboxylic acids is 1. The molecule has 3 N–H and O–H groups in total. The Balaban J connectivity index is 1.40. The Morgan fingerprint density at radius 2 is 2.00 bits per heavy atom. The van der Waals surface area contributed by atoms with Crippen LogP contribution in [0.15, 0.2) is 73.3 Å². The quantitative estimate of drug-likeness (QED) is 0.300. The third kappa shape index (κ3) is 6.63. The van der Waals surface area contributed by atoms with Gasteiger partial charge in [0.15, 0.2) is 0 Å². The molecule has 4 bridgehead atoms. The minimum Gasteiger partial charge on any atom is -0.488 e. The van der Waals surface area contributed by atoms with E-state index in [9.17, 15) is 24.3 Å². The molecule has 0 radical (unpaired) electrons. The second-order valence-corrected chi connectivity index (χ2v) is 12.6. The largest absolute Gasteiger partial charge is 0.488 e. The number of nitrogens with one attached hydrogen (secondary N) is 2. The first-order valence-electron chi connectivity index (χ1n) is 16.3. The van der Waals surface area contributed by atoms with Crippen LogP contribution < -0.4 is 15.4 Å². The summed E-state index contributed by atoms with van der Waals surface area (Å²) in [5.74, 6) is -2.17. The topological polar surface area (TPSA) is 138 Å². The second-order valence-electron chi connectivity index (χ2n) is 12.6. The van der Waals surface area contributed by atoms with Crippen LogP contribution in [-0.2, 0) is 19.2 Å². The van der Waals surface area contributed by atoms with E-state index in [0.29, 0.717) is 25.0 Å². The van der Waals surface area contributed by atoms with Crippen LogP contribution in [0.3, 0.4) is 0 Å². The molecule has 1 saturated heterocycles. The smallest absolute Gasteiger partial charge is 0.330 e. The van der Waals surface area contributed by atoms with Crippen LogP contribution in [0.25, 0.3) is 28.2 Å². The molecule has 2 aliphatic heterocycles. The van der Waals surface area contributed by atoms with Gasteiger partial charge in [-0.2, -0.15) is 0 Å². The Hall–Kier alpha value is -4.99. The number of benzene rings is 2. The van der Waals surface area contributed by atoms with Gasteiger partial charge in [-0.1, -0.05) is 74.4 Å². The molecule has 2 aromatic carbocycles. The van der Waals surface area contributed by atoms with Gasteiger partial charge < -0.3 is 25.4 Å². The maximum atomic E-state index is 14.2. The summed E-state index contributed by atoms with van der Waals surface area (Å²) in [6.45, 7) is 5.81. The van der Waals surface area contributed by atoms with Gasteiger partial charge in [0.1, 0.15) is 29.5 Å². The highest BCUT2D eigenvalue weighted by Gasteiger charge is 2.61. The molecule has 10 nitrogen and oxygen atoms in total. The number of amides is 3. The van der Waals surface area contributed by atoms with Crippen molar-refractivity contribution < 1.29 is 29.0 Å². The molecule has 244 valence electrons. The molecular formula is C37H40N4O6. The van der Waals surface area contributed by atoms with Gasteiger partial charge in [0.25, 0.3) is 0 Å². The number of aliphatic carboxylic acids is 1. The number of ether oxygens (including phenoxy) is 1.